The van der Waals surface area contributed by atoms with Crippen molar-refractivity contribution in [1.29, 1.82) is 0 Å². The number of dihydropyridines is 1. The Labute approximate surface area is 88.3 Å². The van der Waals surface area contributed by atoms with Crippen molar-refractivity contribution in [2.45, 2.75) is 6.17 Å². The van der Waals surface area contributed by atoms with E-state index in [-0.39, 0.29) is 16.9 Å². The van der Waals surface area contributed by atoms with Gasteiger partial charge < -0.3 is 5.11 Å². The lowest BCUT2D eigenvalue weighted by molar-refractivity contribution is -0.132. The van der Waals surface area contributed by atoms with Crippen molar-refractivity contribution >= 4 is 17.6 Å². The zero-order chi connectivity index (χ0) is 11.9. The van der Waals surface area contributed by atoms with Crippen molar-refractivity contribution < 1.29 is 23.5 Å². The van der Waals surface area contributed by atoms with Crippen LogP contribution in [-0.2, 0) is 9.59 Å². The molecule has 0 aromatic rings. The highest BCUT2D eigenvalue weighted by Crippen LogP contribution is 2.27. The first-order valence-electron chi connectivity index (χ1n) is 4.30. The maximum absolute atomic E-state index is 13.0. The Morgan fingerprint density at radius 1 is 1.44 bits per heavy atom. The van der Waals surface area contributed by atoms with Gasteiger partial charge in [-0.2, -0.15) is 0 Å². The van der Waals surface area contributed by atoms with E-state index in [1.165, 1.54) is 0 Å². The fourth-order valence-electron chi connectivity index (χ4n) is 1.45. The minimum absolute atomic E-state index is 0.0685. The van der Waals surface area contributed by atoms with Gasteiger partial charge in [0.25, 0.3) is 5.91 Å². The van der Waals surface area contributed by atoms with E-state index in [1.54, 1.807) is 0 Å². The van der Waals surface area contributed by atoms with Crippen molar-refractivity contribution in [3.63, 3.8) is 0 Å². The first-order chi connectivity index (χ1) is 7.49. The number of carbonyl (C=O) groups is 2. The number of rotatable bonds is 1. The molecule has 0 aromatic heterocycles. The molecular weight excluding hydrogens is 220 g/mol. The number of hydrogen-bond acceptors (Lipinski definition) is 2. The third-order valence-electron chi connectivity index (χ3n) is 2.15. The predicted octanol–water partition coefficient (Wildman–Crippen LogP) is 1.11. The van der Waals surface area contributed by atoms with Crippen LogP contribution in [0.1, 0.15) is 0 Å². The third-order valence-corrected chi connectivity index (χ3v) is 2.15. The predicted molar refractivity (Wildman–Crippen MR) is 50.3 cm³/mol. The number of amides is 1. The number of nitrogens with zero attached hydrogens (tertiary/aromatic N) is 1. The van der Waals surface area contributed by atoms with Gasteiger partial charge in [0.05, 0.1) is 11.3 Å². The number of allylic oxidation sites excluding steroid dienone is 3. The van der Waals surface area contributed by atoms with Gasteiger partial charge >= 0.3 is 5.97 Å². The number of aliphatic carboxylic acids is 1. The average molecular weight is 225 g/mol. The standard InChI is InChI=1S/C10H5F2NO3/c11-6-1-4-5(10(15)16)2-9(14)13-8(4)3-7(6)12/h1-3,6H,(H,15,16). The molecule has 1 unspecified atom stereocenters. The van der Waals surface area contributed by atoms with Crippen LogP contribution >= 0.6 is 0 Å². The lowest BCUT2D eigenvalue weighted by Gasteiger charge is -2.17. The van der Waals surface area contributed by atoms with Gasteiger partial charge in [0, 0.05) is 11.6 Å². The Balaban J connectivity index is 2.53. The van der Waals surface area contributed by atoms with E-state index in [0.717, 1.165) is 18.2 Å². The fourth-order valence-corrected chi connectivity index (χ4v) is 1.45. The number of carboxylic acids is 1. The summed E-state index contributed by atoms with van der Waals surface area (Å²) in [5, 5.41) is 8.79. The summed E-state index contributed by atoms with van der Waals surface area (Å²) in [4.78, 5) is 25.2. The molecule has 2 aliphatic rings. The van der Waals surface area contributed by atoms with Gasteiger partial charge in [0.2, 0.25) is 0 Å². The van der Waals surface area contributed by atoms with Gasteiger partial charge in [-0.25, -0.2) is 18.6 Å². The number of alkyl halides is 1. The van der Waals surface area contributed by atoms with E-state index in [4.69, 9.17) is 5.11 Å². The Hall–Kier alpha value is -2.11. The molecule has 0 bridgehead atoms. The molecule has 82 valence electrons. The molecule has 0 radical (unpaired) electrons. The molecule has 6 heteroatoms. The van der Waals surface area contributed by atoms with Crippen molar-refractivity contribution in [2.75, 3.05) is 0 Å². The maximum Gasteiger partial charge on any atom is 0.336 e. The van der Waals surface area contributed by atoms with Crippen molar-refractivity contribution in [3.05, 3.63) is 35.2 Å². The Kier molecular flexibility index (Phi) is 2.26. The molecule has 1 amide bonds. The maximum atomic E-state index is 13.0. The van der Waals surface area contributed by atoms with E-state index in [2.05, 4.69) is 4.99 Å². The van der Waals surface area contributed by atoms with Crippen LogP contribution in [0.15, 0.2) is 40.2 Å². The summed E-state index contributed by atoms with van der Waals surface area (Å²) in [6, 6.07) is 0. The molecule has 1 aliphatic carbocycles. The smallest absolute Gasteiger partial charge is 0.336 e. The molecule has 16 heavy (non-hydrogen) atoms. The van der Waals surface area contributed by atoms with Crippen LogP contribution in [0.2, 0.25) is 0 Å². The molecule has 2 rings (SSSR count). The molecule has 0 saturated carbocycles. The second kappa shape index (κ2) is 3.48. The van der Waals surface area contributed by atoms with Crippen LogP contribution in [0.4, 0.5) is 8.78 Å². The topological polar surface area (TPSA) is 66.7 Å². The van der Waals surface area contributed by atoms with E-state index in [0.29, 0.717) is 0 Å². The normalized spacial score (nSPS) is 23.9. The van der Waals surface area contributed by atoms with Gasteiger partial charge in [-0.1, -0.05) is 0 Å². The second-order valence-corrected chi connectivity index (χ2v) is 3.21. The Morgan fingerprint density at radius 3 is 2.75 bits per heavy atom. The van der Waals surface area contributed by atoms with Crippen LogP contribution in [0.5, 0.6) is 0 Å². The summed E-state index contributed by atoms with van der Waals surface area (Å²) in [5.41, 5.74) is -0.598. The van der Waals surface area contributed by atoms with E-state index < -0.39 is 23.9 Å². The first-order valence-corrected chi connectivity index (χ1v) is 4.30. The van der Waals surface area contributed by atoms with Crippen molar-refractivity contribution in [3.8, 4) is 0 Å². The fraction of sp³-hybridized carbons (Fsp3) is 0.100. The van der Waals surface area contributed by atoms with Crippen LogP contribution < -0.4 is 0 Å². The first kappa shape index (κ1) is 10.4. The molecule has 0 fully saturated rings. The van der Waals surface area contributed by atoms with Crippen LogP contribution in [-0.4, -0.2) is 28.9 Å². The molecule has 0 aromatic carbocycles. The summed E-state index contributed by atoms with van der Waals surface area (Å²) in [7, 11) is 0. The summed E-state index contributed by atoms with van der Waals surface area (Å²) < 4.78 is 25.9. The number of carboxylic acid groups (broad SMARTS) is 1. The molecule has 4 nitrogen and oxygen atoms in total. The molecule has 1 N–H and O–H groups in total. The third kappa shape index (κ3) is 1.58. The zero-order valence-electron chi connectivity index (χ0n) is 7.78. The van der Waals surface area contributed by atoms with E-state index >= 15 is 0 Å². The van der Waals surface area contributed by atoms with E-state index in [1.807, 2.05) is 0 Å². The summed E-state index contributed by atoms with van der Waals surface area (Å²) in [5.74, 6) is -3.28. The number of fused-ring (bicyclic) bond motifs is 1. The summed E-state index contributed by atoms with van der Waals surface area (Å²) >= 11 is 0. The van der Waals surface area contributed by atoms with Crippen LogP contribution in [0.25, 0.3) is 0 Å². The Morgan fingerprint density at radius 2 is 2.12 bits per heavy atom. The lowest BCUT2D eigenvalue weighted by Crippen LogP contribution is -2.22. The highest BCUT2D eigenvalue weighted by Gasteiger charge is 2.29. The van der Waals surface area contributed by atoms with Crippen LogP contribution in [0.3, 0.4) is 0 Å². The quantitative estimate of drug-likeness (QED) is 0.726. The number of aliphatic imine (C=N–C) groups is 1. The average Bonchev–Trinajstić information content (AvgIpc) is 2.19. The monoisotopic (exact) mass is 225 g/mol. The minimum atomic E-state index is -2.00. The van der Waals surface area contributed by atoms with Crippen molar-refractivity contribution in [1.82, 2.24) is 0 Å². The van der Waals surface area contributed by atoms with Gasteiger partial charge in [-0.15, -0.1) is 0 Å². The molecule has 0 saturated heterocycles. The van der Waals surface area contributed by atoms with Gasteiger partial charge in [0.15, 0.2) is 6.17 Å². The van der Waals surface area contributed by atoms with Crippen molar-refractivity contribution in [2.24, 2.45) is 4.99 Å². The molecule has 0 spiro atoms. The summed E-state index contributed by atoms with van der Waals surface area (Å²) in [6.07, 6.45) is 0.306. The highest BCUT2D eigenvalue weighted by molar-refractivity contribution is 6.25. The summed E-state index contributed by atoms with van der Waals surface area (Å²) in [6.45, 7) is 0. The van der Waals surface area contributed by atoms with Gasteiger partial charge in [-0.3, -0.25) is 4.79 Å². The largest absolute Gasteiger partial charge is 0.478 e. The molecule has 1 aliphatic heterocycles. The molecule has 1 heterocycles. The van der Waals surface area contributed by atoms with E-state index in [9.17, 15) is 18.4 Å². The van der Waals surface area contributed by atoms with Gasteiger partial charge in [0.1, 0.15) is 5.83 Å². The lowest BCUT2D eigenvalue weighted by atomic mass is 9.92. The molecule has 1 atom stereocenters. The number of hydrogen-bond donors (Lipinski definition) is 1. The highest BCUT2D eigenvalue weighted by atomic mass is 19.2. The van der Waals surface area contributed by atoms with Crippen LogP contribution in [0, 0.1) is 0 Å². The number of halogens is 2. The number of carbonyl (C=O) groups excluding carboxylic acids is 1. The second-order valence-electron chi connectivity index (χ2n) is 3.21. The zero-order valence-corrected chi connectivity index (χ0v) is 7.78. The molecular formula is C10H5F2NO3. The Bertz CT molecular complexity index is 514. The SMILES string of the molecule is O=C1C=C(C(=O)O)C2=CC(F)C(F)=CC2=N1. The van der Waals surface area contributed by atoms with Gasteiger partial charge in [-0.05, 0) is 12.2 Å². The minimum Gasteiger partial charge on any atom is -0.478 e.